The smallest absolute Gasteiger partial charge is 0.251 e. The van der Waals surface area contributed by atoms with Crippen LogP contribution in [0.4, 0.5) is 0 Å². The molecule has 0 atom stereocenters. The van der Waals surface area contributed by atoms with Gasteiger partial charge in [0.25, 0.3) is 5.91 Å². The van der Waals surface area contributed by atoms with Gasteiger partial charge in [-0.3, -0.25) is 4.79 Å². The lowest BCUT2D eigenvalue weighted by Crippen LogP contribution is -2.26. The number of hydrogen-bond acceptors (Lipinski definition) is 2. The van der Waals surface area contributed by atoms with Gasteiger partial charge < -0.3 is 10.1 Å². The summed E-state index contributed by atoms with van der Waals surface area (Å²) in [5.41, 5.74) is 0.718. The predicted octanol–water partition coefficient (Wildman–Crippen LogP) is 3.16. The third-order valence-electron chi connectivity index (χ3n) is 3.55. The zero-order valence-corrected chi connectivity index (χ0v) is 11.4. The molecule has 0 unspecified atom stereocenters. The Morgan fingerprint density at radius 1 is 1.16 bits per heavy atom. The maximum Gasteiger partial charge on any atom is 0.251 e. The number of nitrogens with one attached hydrogen (secondary N) is 1. The lowest BCUT2D eigenvalue weighted by molar-refractivity contribution is 0.0273. The molecule has 0 heterocycles. The van der Waals surface area contributed by atoms with Crippen molar-refractivity contribution in [2.24, 2.45) is 0 Å². The average molecular weight is 261 g/mol. The Hall–Kier alpha value is -1.35. The molecule has 0 aliphatic heterocycles. The minimum absolute atomic E-state index is 0.00161. The molecule has 0 bridgehead atoms. The Labute approximate surface area is 115 Å². The molecular weight excluding hydrogens is 238 g/mol. The highest BCUT2D eigenvalue weighted by molar-refractivity contribution is 5.94. The van der Waals surface area contributed by atoms with Crippen LogP contribution in [0.1, 0.15) is 48.9 Å². The summed E-state index contributed by atoms with van der Waals surface area (Å²) < 4.78 is 5.82. The number of rotatable bonds is 6. The monoisotopic (exact) mass is 261 g/mol. The SMILES string of the molecule is O=C(NCCCOC1CCCCC1)c1ccccc1. The molecule has 0 saturated heterocycles. The number of amides is 1. The molecule has 3 nitrogen and oxygen atoms in total. The van der Waals surface area contributed by atoms with Crippen LogP contribution in [-0.4, -0.2) is 25.2 Å². The van der Waals surface area contributed by atoms with Crippen molar-refractivity contribution in [3.8, 4) is 0 Å². The van der Waals surface area contributed by atoms with E-state index in [1.165, 1.54) is 32.1 Å². The van der Waals surface area contributed by atoms with Gasteiger partial charge in [-0.25, -0.2) is 0 Å². The molecule has 19 heavy (non-hydrogen) atoms. The topological polar surface area (TPSA) is 38.3 Å². The largest absolute Gasteiger partial charge is 0.378 e. The fraction of sp³-hybridized carbons (Fsp3) is 0.562. The van der Waals surface area contributed by atoms with Crippen molar-refractivity contribution < 1.29 is 9.53 Å². The highest BCUT2D eigenvalue weighted by Gasteiger charge is 2.13. The second kappa shape index (κ2) is 7.95. The summed E-state index contributed by atoms with van der Waals surface area (Å²) in [4.78, 5) is 11.8. The molecule has 1 N–H and O–H groups in total. The van der Waals surface area contributed by atoms with E-state index in [2.05, 4.69) is 5.32 Å². The van der Waals surface area contributed by atoms with Crippen LogP contribution >= 0.6 is 0 Å². The first kappa shape index (κ1) is 14.1. The Bertz CT molecular complexity index is 372. The summed E-state index contributed by atoms with van der Waals surface area (Å²) in [6.07, 6.45) is 7.71. The minimum atomic E-state index is -0.00161. The third kappa shape index (κ3) is 5.03. The molecule has 1 aromatic rings. The Morgan fingerprint density at radius 2 is 1.89 bits per heavy atom. The highest BCUT2D eigenvalue weighted by Crippen LogP contribution is 2.20. The molecule has 1 saturated carbocycles. The van der Waals surface area contributed by atoms with Crippen LogP contribution in [0.2, 0.25) is 0 Å². The van der Waals surface area contributed by atoms with Crippen molar-refractivity contribution in [1.82, 2.24) is 5.32 Å². The molecule has 1 amide bonds. The fourth-order valence-electron chi connectivity index (χ4n) is 2.45. The molecular formula is C16H23NO2. The summed E-state index contributed by atoms with van der Waals surface area (Å²) in [6, 6.07) is 9.32. The van der Waals surface area contributed by atoms with Crippen LogP contribution in [-0.2, 0) is 4.74 Å². The van der Waals surface area contributed by atoms with Gasteiger partial charge in [0.05, 0.1) is 6.10 Å². The normalized spacial score (nSPS) is 16.2. The van der Waals surface area contributed by atoms with E-state index in [9.17, 15) is 4.79 Å². The summed E-state index contributed by atoms with van der Waals surface area (Å²) >= 11 is 0. The molecule has 0 spiro atoms. The van der Waals surface area contributed by atoms with E-state index >= 15 is 0 Å². The zero-order chi connectivity index (χ0) is 13.3. The summed E-state index contributed by atoms with van der Waals surface area (Å²) in [6.45, 7) is 1.43. The standard InChI is InChI=1S/C16H23NO2/c18-16(14-8-3-1-4-9-14)17-12-7-13-19-15-10-5-2-6-11-15/h1,3-4,8-9,15H,2,5-7,10-13H2,(H,17,18). The Morgan fingerprint density at radius 3 is 2.63 bits per heavy atom. The molecule has 0 aromatic heterocycles. The quantitative estimate of drug-likeness (QED) is 0.799. The molecule has 2 rings (SSSR count). The van der Waals surface area contributed by atoms with Crippen LogP contribution in [0.5, 0.6) is 0 Å². The van der Waals surface area contributed by atoms with Gasteiger partial charge in [-0.2, -0.15) is 0 Å². The van der Waals surface area contributed by atoms with Gasteiger partial charge in [0, 0.05) is 18.7 Å². The summed E-state index contributed by atoms with van der Waals surface area (Å²) in [5.74, 6) is -0.00161. The number of carbonyl (C=O) groups is 1. The van der Waals surface area contributed by atoms with E-state index in [-0.39, 0.29) is 5.91 Å². The second-order valence-corrected chi connectivity index (χ2v) is 5.11. The summed E-state index contributed by atoms with van der Waals surface area (Å²) in [5, 5.41) is 2.92. The van der Waals surface area contributed by atoms with Crippen molar-refractivity contribution in [3.05, 3.63) is 35.9 Å². The molecule has 104 valence electrons. The van der Waals surface area contributed by atoms with Crippen LogP contribution in [0.25, 0.3) is 0 Å². The highest BCUT2D eigenvalue weighted by atomic mass is 16.5. The van der Waals surface area contributed by atoms with Crippen molar-refractivity contribution in [1.29, 1.82) is 0 Å². The first-order valence-corrected chi connectivity index (χ1v) is 7.31. The first-order chi connectivity index (χ1) is 9.36. The van der Waals surface area contributed by atoms with Crippen molar-refractivity contribution >= 4 is 5.91 Å². The van der Waals surface area contributed by atoms with Crippen molar-refractivity contribution in [3.63, 3.8) is 0 Å². The number of benzene rings is 1. The van der Waals surface area contributed by atoms with E-state index in [1.54, 1.807) is 0 Å². The van der Waals surface area contributed by atoms with Crippen LogP contribution in [0, 0.1) is 0 Å². The van der Waals surface area contributed by atoms with E-state index in [4.69, 9.17) is 4.74 Å². The van der Waals surface area contributed by atoms with Crippen LogP contribution in [0.3, 0.4) is 0 Å². The lowest BCUT2D eigenvalue weighted by atomic mass is 9.98. The van der Waals surface area contributed by atoms with Gasteiger partial charge in [-0.1, -0.05) is 37.5 Å². The van der Waals surface area contributed by atoms with E-state index in [0.29, 0.717) is 12.6 Å². The molecule has 1 fully saturated rings. The van der Waals surface area contributed by atoms with Gasteiger partial charge in [0.1, 0.15) is 0 Å². The second-order valence-electron chi connectivity index (χ2n) is 5.11. The van der Waals surface area contributed by atoms with Crippen LogP contribution < -0.4 is 5.32 Å². The third-order valence-corrected chi connectivity index (χ3v) is 3.55. The molecule has 1 aliphatic carbocycles. The number of hydrogen-bond donors (Lipinski definition) is 1. The molecule has 3 heteroatoms. The average Bonchev–Trinajstić information content (AvgIpc) is 2.49. The predicted molar refractivity (Wildman–Crippen MR) is 76.2 cm³/mol. The zero-order valence-electron chi connectivity index (χ0n) is 11.4. The Kier molecular flexibility index (Phi) is 5.89. The van der Waals surface area contributed by atoms with Gasteiger partial charge in [-0.15, -0.1) is 0 Å². The van der Waals surface area contributed by atoms with E-state index < -0.39 is 0 Å². The van der Waals surface area contributed by atoms with Gasteiger partial charge in [0.15, 0.2) is 0 Å². The van der Waals surface area contributed by atoms with E-state index in [0.717, 1.165) is 18.6 Å². The maximum atomic E-state index is 11.8. The van der Waals surface area contributed by atoms with Gasteiger partial charge in [0.2, 0.25) is 0 Å². The first-order valence-electron chi connectivity index (χ1n) is 7.31. The maximum absolute atomic E-state index is 11.8. The van der Waals surface area contributed by atoms with Gasteiger partial charge in [-0.05, 0) is 31.4 Å². The van der Waals surface area contributed by atoms with Gasteiger partial charge >= 0.3 is 0 Å². The van der Waals surface area contributed by atoms with E-state index in [1.807, 2.05) is 30.3 Å². The fourth-order valence-corrected chi connectivity index (χ4v) is 2.45. The molecule has 0 radical (unpaired) electrons. The van der Waals surface area contributed by atoms with Crippen molar-refractivity contribution in [2.45, 2.75) is 44.6 Å². The lowest BCUT2D eigenvalue weighted by Gasteiger charge is -2.21. The molecule has 1 aromatic carbocycles. The Balaban J connectivity index is 1.55. The summed E-state index contributed by atoms with van der Waals surface area (Å²) in [7, 11) is 0. The molecule has 1 aliphatic rings. The van der Waals surface area contributed by atoms with Crippen LogP contribution in [0.15, 0.2) is 30.3 Å². The van der Waals surface area contributed by atoms with Crippen molar-refractivity contribution in [2.75, 3.05) is 13.2 Å². The number of ether oxygens (including phenoxy) is 1. The number of carbonyl (C=O) groups excluding carboxylic acids is 1. The minimum Gasteiger partial charge on any atom is -0.378 e.